The molecule has 2 rings (SSSR count). The second-order valence-electron chi connectivity index (χ2n) is 4.33. The molecule has 2 aromatic rings. The Labute approximate surface area is 118 Å². The van der Waals surface area contributed by atoms with Gasteiger partial charge in [-0.25, -0.2) is 9.18 Å². The Morgan fingerprint density at radius 2 is 2.00 bits per heavy atom. The minimum absolute atomic E-state index is 0.0175. The first-order chi connectivity index (χ1) is 9.88. The van der Waals surface area contributed by atoms with Crippen LogP contribution >= 0.6 is 0 Å². The van der Waals surface area contributed by atoms with Crippen LogP contribution in [-0.2, 0) is 6.54 Å². The minimum atomic E-state index is -1.12. The summed E-state index contributed by atoms with van der Waals surface area (Å²) in [5, 5.41) is 20.8. The lowest BCUT2D eigenvalue weighted by atomic mass is 10.2. The highest BCUT2D eigenvalue weighted by atomic mass is 19.1. The van der Waals surface area contributed by atoms with Crippen LogP contribution in [0.1, 0.15) is 32.2 Å². The monoisotopic (exact) mass is 293 g/mol. The number of aryl methyl sites for hydroxylation is 1. The molecular weight excluding hydrogens is 281 g/mol. The third kappa shape index (κ3) is 3.19. The van der Waals surface area contributed by atoms with Gasteiger partial charge in [0.1, 0.15) is 28.7 Å². The number of carboxylic acid groups (broad SMARTS) is 1. The standard InChI is InChI=1S/C14H12FNO5/c1-7-11(14(19)20)5-9(21-7)6-16-13(18)10-3-2-8(15)4-12(10)17/h2-5,17H,6H2,1H3,(H,16,18)(H,19,20). The Morgan fingerprint density at radius 1 is 1.29 bits per heavy atom. The number of hydrogen-bond acceptors (Lipinski definition) is 4. The Bertz CT molecular complexity index is 707. The number of hydrogen-bond donors (Lipinski definition) is 3. The summed E-state index contributed by atoms with van der Waals surface area (Å²) in [6, 6.07) is 4.33. The fourth-order valence-corrected chi connectivity index (χ4v) is 1.80. The molecule has 3 N–H and O–H groups in total. The SMILES string of the molecule is Cc1oc(CNC(=O)c2ccc(F)cc2O)cc1C(=O)O. The van der Waals surface area contributed by atoms with Crippen molar-refractivity contribution in [2.45, 2.75) is 13.5 Å². The molecule has 0 aliphatic rings. The molecule has 110 valence electrons. The molecule has 0 atom stereocenters. The fraction of sp³-hybridized carbons (Fsp3) is 0.143. The average molecular weight is 293 g/mol. The average Bonchev–Trinajstić information content (AvgIpc) is 2.77. The maximum atomic E-state index is 12.8. The van der Waals surface area contributed by atoms with E-state index in [1.54, 1.807) is 0 Å². The zero-order valence-electron chi connectivity index (χ0n) is 11.0. The number of nitrogens with one attached hydrogen (secondary N) is 1. The van der Waals surface area contributed by atoms with Crippen LogP contribution in [0.4, 0.5) is 4.39 Å². The molecule has 1 amide bonds. The Balaban J connectivity index is 2.07. The highest BCUT2D eigenvalue weighted by Gasteiger charge is 2.16. The molecule has 0 saturated heterocycles. The number of carboxylic acids is 1. The summed E-state index contributed by atoms with van der Waals surface area (Å²) in [4.78, 5) is 22.7. The van der Waals surface area contributed by atoms with Gasteiger partial charge in [0.05, 0.1) is 12.1 Å². The van der Waals surface area contributed by atoms with Gasteiger partial charge in [-0.15, -0.1) is 0 Å². The summed E-state index contributed by atoms with van der Waals surface area (Å²) >= 11 is 0. The second kappa shape index (κ2) is 5.66. The molecule has 1 aromatic carbocycles. The molecule has 1 aromatic heterocycles. The fourth-order valence-electron chi connectivity index (χ4n) is 1.80. The first-order valence-corrected chi connectivity index (χ1v) is 5.98. The smallest absolute Gasteiger partial charge is 0.339 e. The molecule has 0 radical (unpaired) electrons. The van der Waals surface area contributed by atoms with E-state index in [1.807, 2.05) is 0 Å². The number of rotatable bonds is 4. The van der Waals surface area contributed by atoms with Crippen molar-refractivity contribution in [2.75, 3.05) is 0 Å². The number of furan rings is 1. The van der Waals surface area contributed by atoms with Crippen LogP contribution in [0, 0.1) is 12.7 Å². The van der Waals surface area contributed by atoms with E-state index in [0.29, 0.717) is 0 Å². The van der Waals surface area contributed by atoms with Gasteiger partial charge in [-0.3, -0.25) is 4.79 Å². The van der Waals surface area contributed by atoms with E-state index in [1.165, 1.54) is 13.0 Å². The second-order valence-corrected chi connectivity index (χ2v) is 4.33. The zero-order chi connectivity index (χ0) is 15.6. The van der Waals surface area contributed by atoms with Gasteiger partial charge in [-0.2, -0.15) is 0 Å². The lowest BCUT2D eigenvalue weighted by molar-refractivity contribution is 0.0694. The molecule has 0 aliphatic heterocycles. The van der Waals surface area contributed by atoms with E-state index in [-0.39, 0.29) is 29.2 Å². The maximum absolute atomic E-state index is 12.8. The molecule has 0 saturated carbocycles. The van der Waals surface area contributed by atoms with Crippen molar-refractivity contribution in [1.29, 1.82) is 0 Å². The molecule has 6 nitrogen and oxygen atoms in total. The van der Waals surface area contributed by atoms with Crippen LogP contribution in [0.5, 0.6) is 5.75 Å². The van der Waals surface area contributed by atoms with Crippen molar-refractivity contribution in [3.05, 3.63) is 52.7 Å². The number of aromatic hydroxyl groups is 1. The number of phenols is 1. The van der Waals surface area contributed by atoms with Gasteiger partial charge in [0, 0.05) is 6.07 Å². The number of halogens is 1. The first kappa shape index (κ1) is 14.6. The van der Waals surface area contributed by atoms with Crippen molar-refractivity contribution < 1.29 is 28.6 Å². The number of carbonyl (C=O) groups excluding carboxylic acids is 1. The van der Waals surface area contributed by atoms with Crippen molar-refractivity contribution in [3.8, 4) is 5.75 Å². The Hall–Kier alpha value is -2.83. The number of amides is 1. The molecule has 1 heterocycles. The Kier molecular flexibility index (Phi) is 3.93. The van der Waals surface area contributed by atoms with Crippen molar-refractivity contribution in [2.24, 2.45) is 0 Å². The number of phenolic OH excluding ortho intramolecular Hbond substituents is 1. The first-order valence-electron chi connectivity index (χ1n) is 5.98. The Morgan fingerprint density at radius 3 is 2.57 bits per heavy atom. The van der Waals surface area contributed by atoms with E-state index < -0.39 is 23.4 Å². The van der Waals surface area contributed by atoms with E-state index >= 15 is 0 Å². The molecule has 0 aliphatic carbocycles. The van der Waals surface area contributed by atoms with Gasteiger partial charge < -0.3 is 19.9 Å². The molecule has 0 fully saturated rings. The van der Waals surface area contributed by atoms with Gasteiger partial charge in [0.2, 0.25) is 0 Å². The van der Waals surface area contributed by atoms with Crippen molar-refractivity contribution >= 4 is 11.9 Å². The predicted octanol–water partition coefficient (Wildman–Crippen LogP) is 2.06. The number of benzene rings is 1. The van der Waals surface area contributed by atoms with Gasteiger partial charge >= 0.3 is 5.97 Å². The largest absolute Gasteiger partial charge is 0.507 e. The van der Waals surface area contributed by atoms with Crippen LogP contribution in [0.2, 0.25) is 0 Å². The summed E-state index contributed by atoms with van der Waals surface area (Å²) in [5.74, 6) is -2.38. The molecule has 0 bridgehead atoms. The zero-order valence-corrected chi connectivity index (χ0v) is 11.0. The van der Waals surface area contributed by atoms with Gasteiger partial charge in [0.25, 0.3) is 5.91 Å². The lowest BCUT2D eigenvalue weighted by Crippen LogP contribution is -2.22. The van der Waals surface area contributed by atoms with E-state index in [2.05, 4.69) is 5.32 Å². The summed E-state index contributed by atoms with van der Waals surface area (Å²) < 4.78 is 18.0. The molecule has 0 unspecified atom stereocenters. The molecule has 7 heteroatoms. The quantitative estimate of drug-likeness (QED) is 0.801. The predicted molar refractivity (Wildman–Crippen MR) is 69.6 cm³/mol. The third-order valence-electron chi connectivity index (χ3n) is 2.83. The molecule has 21 heavy (non-hydrogen) atoms. The van der Waals surface area contributed by atoms with E-state index in [4.69, 9.17) is 9.52 Å². The van der Waals surface area contributed by atoms with Gasteiger partial charge in [0.15, 0.2) is 0 Å². The number of aromatic carboxylic acids is 1. The highest BCUT2D eigenvalue weighted by Crippen LogP contribution is 2.18. The molecule has 0 spiro atoms. The normalized spacial score (nSPS) is 10.4. The topological polar surface area (TPSA) is 99.8 Å². The minimum Gasteiger partial charge on any atom is -0.507 e. The summed E-state index contributed by atoms with van der Waals surface area (Å²) in [5.41, 5.74) is -0.0676. The number of carbonyl (C=O) groups is 2. The summed E-state index contributed by atoms with van der Waals surface area (Å²) in [6.45, 7) is 1.45. The van der Waals surface area contributed by atoms with Crippen LogP contribution in [0.25, 0.3) is 0 Å². The van der Waals surface area contributed by atoms with Crippen LogP contribution in [0.3, 0.4) is 0 Å². The van der Waals surface area contributed by atoms with Crippen molar-refractivity contribution in [1.82, 2.24) is 5.32 Å². The van der Waals surface area contributed by atoms with Crippen LogP contribution < -0.4 is 5.32 Å². The third-order valence-corrected chi connectivity index (χ3v) is 2.83. The highest BCUT2D eigenvalue weighted by molar-refractivity contribution is 5.96. The van der Waals surface area contributed by atoms with E-state index in [9.17, 15) is 19.1 Å². The van der Waals surface area contributed by atoms with Crippen LogP contribution in [-0.4, -0.2) is 22.1 Å². The van der Waals surface area contributed by atoms with Crippen LogP contribution in [0.15, 0.2) is 28.7 Å². The van der Waals surface area contributed by atoms with E-state index in [0.717, 1.165) is 18.2 Å². The lowest BCUT2D eigenvalue weighted by Gasteiger charge is -2.05. The van der Waals surface area contributed by atoms with Gasteiger partial charge in [-0.05, 0) is 25.1 Å². The summed E-state index contributed by atoms with van der Waals surface area (Å²) in [7, 11) is 0. The summed E-state index contributed by atoms with van der Waals surface area (Å²) in [6.07, 6.45) is 0. The maximum Gasteiger partial charge on any atom is 0.339 e. The van der Waals surface area contributed by atoms with Crippen molar-refractivity contribution in [3.63, 3.8) is 0 Å². The molecular formula is C14H12FNO5. The van der Waals surface area contributed by atoms with Gasteiger partial charge in [-0.1, -0.05) is 0 Å².